The van der Waals surface area contributed by atoms with Gasteiger partial charge in [-0.3, -0.25) is 4.79 Å². The minimum Gasteiger partial charge on any atom is -0.348 e. The van der Waals surface area contributed by atoms with Gasteiger partial charge in [-0.2, -0.15) is 11.8 Å². The van der Waals surface area contributed by atoms with Crippen LogP contribution in [0.5, 0.6) is 0 Å². The van der Waals surface area contributed by atoms with Crippen LogP contribution in [0.2, 0.25) is 0 Å². The SMILES string of the molecule is CSCCCN(C)C=O. The molecular weight excluding hydrogens is 134 g/mol. The minimum absolute atomic E-state index is 0.861. The molecule has 0 aromatic carbocycles. The molecule has 0 atom stereocenters. The second-order valence-electron chi connectivity index (χ2n) is 1.93. The zero-order valence-corrected chi connectivity index (χ0v) is 6.78. The highest BCUT2D eigenvalue weighted by atomic mass is 32.2. The van der Waals surface area contributed by atoms with E-state index in [0.29, 0.717) is 0 Å². The minimum atomic E-state index is 0.861. The molecule has 0 bridgehead atoms. The van der Waals surface area contributed by atoms with Gasteiger partial charge in [0.25, 0.3) is 0 Å². The molecule has 1 amide bonds. The molecule has 0 aliphatic carbocycles. The molecule has 0 spiro atoms. The maximum atomic E-state index is 10.0. The first-order valence-corrected chi connectivity index (χ1v) is 4.35. The number of amides is 1. The quantitative estimate of drug-likeness (QED) is 0.424. The molecule has 0 aliphatic rings. The monoisotopic (exact) mass is 147 g/mol. The molecule has 0 aromatic rings. The number of hydrogen-bond acceptors (Lipinski definition) is 2. The van der Waals surface area contributed by atoms with Crippen molar-refractivity contribution >= 4 is 18.2 Å². The average Bonchev–Trinajstić information content (AvgIpc) is 1.89. The number of rotatable bonds is 5. The van der Waals surface area contributed by atoms with Crippen molar-refractivity contribution in [2.24, 2.45) is 0 Å². The summed E-state index contributed by atoms with van der Waals surface area (Å²) in [7, 11) is 1.80. The number of hydrogen-bond donors (Lipinski definition) is 0. The van der Waals surface area contributed by atoms with Gasteiger partial charge in [0.1, 0.15) is 0 Å². The van der Waals surface area contributed by atoms with Crippen molar-refractivity contribution in [2.45, 2.75) is 6.42 Å². The molecule has 0 unspecified atom stereocenters. The van der Waals surface area contributed by atoms with Gasteiger partial charge in [-0.1, -0.05) is 0 Å². The van der Waals surface area contributed by atoms with E-state index in [1.165, 1.54) is 0 Å². The van der Waals surface area contributed by atoms with Gasteiger partial charge >= 0.3 is 0 Å². The Labute approximate surface area is 60.6 Å². The molecule has 0 aliphatic heterocycles. The lowest BCUT2D eigenvalue weighted by molar-refractivity contribution is -0.117. The summed E-state index contributed by atoms with van der Waals surface area (Å²) in [6.07, 6.45) is 4.03. The molecule has 0 heterocycles. The maximum Gasteiger partial charge on any atom is 0.209 e. The third kappa shape index (κ3) is 5.69. The molecule has 0 rings (SSSR count). The smallest absolute Gasteiger partial charge is 0.209 e. The van der Waals surface area contributed by atoms with Crippen molar-refractivity contribution in [1.82, 2.24) is 4.90 Å². The summed E-state index contributed by atoms with van der Waals surface area (Å²) in [4.78, 5) is 11.7. The molecule has 9 heavy (non-hydrogen) atoms. The van der Waals surface area contributed by atoms with Crippen molar-refractivity contribution in [2.75, 3.05) is 25.6 Å². The van der Waals surface area contributed by atoms with Crippen molar-refractivity contribution in [3.05, 3.63) is 0 Å². The van der Waals surface area contributed by atoms with E-state index in [0.717, 1.165) is 25.1 Å². The van der Waals surface area contributed by atoms with Gasteiger partial charge in [0.2, 0.25) is 6.41 Å². The van der Waals surface area contributed by atoms with E-state index in [9.17, 15) is 4.79 Å². The van der Waals surface area contributed by atoms with Gasteiger partial charge in [-0.15, -0.1) is 0 Å². The van der Waals surface area contributed by atoms with Crippen LogP contribution in [0.4, 0.5) is 0 Å². The van der Waals surface area contributed by atoms with Gasteiger partial charge in [0.15, 0.2) is 0 Å². The van der Waals surface area contributed by atoms with E-state index in [4.69, 9.17) is 0 Å². The summed E-state index contributed by atoms with van der Waals surface area (Å²) in [6.45, 7) is 0.879. The molecule has 0 aromatic heterocycles. The van der Waals surface area contributed by atoms with Gasteiger partial charge in [-0.25, -0.2) is 0 Å². The lowest BCUT2D eigenvalue weighted by atomic mass is 10.5. The Morgan fingerprint density at radius 3 is 2.78 bits per heavy atom. The summed E-state index contributed by atoms with van der Waals surface area (Å²) in [5.74, 6) is 1.14. The van der Waals surface area contributed by atoms with Crippen LogP contribution in [-0.2, 0) is 4.79 Å². The third-order valence-electron chi connectivity index (χ3n) is 1.04. The van der Waals surface area contributed by atoms with Gasteiger partial charge < -0.3 is 4.90 Å². The van der Waals surface area contributed by atoms with Crippen molar-refractivity contribution in [3.8, 4) is 0 Å². The fourth-order valence-corrected chi connectivity index (χ4v) is 0.929. The molecule has 0 saturated heterocycles. The van der Waals surface area contributed by atoms with Crippen LogP contribution in [-0.4, -0.2) is 36.9 Å². The first-order chi connectivity index (χ1) is 4.31. The van der Waals surface area contributed by atoms with Crippen LogP contribution in [0.25, 0.3) is 0 Å². The summed E-state index contributed by atoms with van der Waals surface area (Å²) in [6, 6.07) is 0. The predicted octanol–water partition coefficient (Wildman–Crippen LogP) is 0.828. The molecule has 2 nitrogen and oxygen atoms in total. The largest absolute Gasteiger partial charge is 0.348 e. The lowest BCUT2D eigenvalue weighted by Crippen LogP contribution is -2.17. The fourth-order valence-electron chi connectivity index (χ4n) is 0.511. The van der Waals surface area contributed by atoms with Crippen LogP contribution < -0.4 is 0 Å². The fraction of sp³-hybridized carbons (Fsp3) is 0.833. The Balaban J connectivity index is 2.96. The number of nitrogens with zero attached hydrogens (tertiary/aromatic N) is 1. The predicted molar refractivity (Wildman–Crippen MR) is 41.7 cm³/mol. The normalized spacial score (nSPS) is 9.11. The van der Waals surface area contributed by atoms with Crippen LogP contribution in [0.15, 0.2) is 0 Å². The lowest BCUT2D eigenvalue weighted by Gasteiger charge is -2.07. The van der Waals surface area contributed by atoms with Crippen molar-refractivity contribution in [1.29, 1.82) is 0 Å². The van der Waals surface area contributed by atoms with E-state index in [1.54, 1.807) is 11.9 Å². The van der Waals surface area contributed by atoms with Crippen molar-refractivity contribution < 1.29 is 4.79 Å². The summed E-state index contributed by atoms with van der Waals surface area (Å²) in [5, 5.41) is 0. The Hall–Kier alpha value is -0.180. The Kier molecular flexibility index (Phi) is 5.83. The number of carbonyl (C=O) groups is 1. The van der Waals surface area contributed by atoms with Crippen LogP contribution in [0, 0.1) is 0 Å². The van der Waals surface area contributed by atoms with E-state index < -0.39 is 0 Å². The van der Waals surface area contributed by atoms with Gasteiger partial charge in [-0.05, 0) is 18.4 Å². The zero-order valence-electron chi connectivity index (χ0n) is 5.96. The molecule has 3 heteroatoms. The number of carbonyl (C=O) groups excluding carboxylic acids is 1. The van der Waals surface area contributed by atoms with Gasteiger partial charge in [0.05, 0.1) is 0 Å². The summed E-state index contributed by atoms with van der Waals surface area (Å²) in [5.41, 5.74) is 0. The van der Waals surface area contributed by atoms with Crippen LogP contribution >= 0.6 is 11.8 Å². The Morgan fingerprint density at radius 1 is 1.67 bits per heavy atom. The molecule has 0 N–H and O–H groups in total. The maximum absolute atomic E-state index is 10.0. The Morgan fingerprint density at radius 2 is 2.33 bits per heavy atom. The topological polar surface area (TPSA) is 20.3 Å². The third-order valence-corrected chi connectivity index (χ3v) is 1.74. The highest BCUT2D eigenvalue weighted by Crippen LogP contribution is 1.95. The molecule has 54 valence electrons. The highest BCUT2D eigenvalue weighted by Gasteiger charge is 1.90. The van der Waals surface area contributed by atoms with Crippen LogP contribution in [0.3, 0.4) is 0 Å². The summed E-state index contributed by atoms with van der Waals surface area (Å²) < 4.78 is 0. The molecule has 0 saturated carbocycles. The van der Waals surface area contributed by atoms with Gasteiger partial charge in [0, 0.05) is 13.6 Å². The standard InChI is InChI=1S/C6H13NOS/c1-7(6-8)4-3-5-9-2/h6H,3-5H2,1-2H3. The first kappa shape index (κ1) is 8.82. The molecule has 0 radical (unpaired) electrons. The van der Waals surface area contributed by atoms with E-state index >= 15 is 0 Å². The van der Waals surface area contributed by atoms with E-state index in [2.05, 4.69) is 6.26 Å². The van der Waals surface area contributed by atoms with E-state index in [-0.39, 0.29) is 0 Å². The molecule has 0 fully saturated rings. The number of thioether (sulfide) groups is 1. The first-order valence-electron chi connectivity index (χ1n) is 2.95. The zero-order chi connectivity index (χ0) is 7.11. The Bertz CT molecular complexity index is 77.5. The van der Waals surface area contributed by atoms with Crippen molar-refractivity contribution in [3.63, 3.8) is 0 Å². The molecular formula is C6H13NOS. The summed E-state index contributed by atoms with van der Waals surface area (Å²) >= 11 is 1.81. The van der Waals surface area contributed by atoms with E-state index in [1.807, 2.05) is 11.8 Å². The second kappa shape index (κ2) is 5.95. The highest BCUT2D eigenvalue weighted by molar-refractivity contribution is 7.98. The second-order valence-corrected chi connectivity index (χ2v) is 2.92. The van der Waals surface area contributed by atoms with Crippen LogP contribution in [0.1, 0.15) is 6.42 Å². The average molecular weight is 147 g/mol.